The number of ether oxygens (including phenoxy) is 1. The second kappa shape index (κ2) is 6.04. The number of hydrogen-bond donors (Lipinski definition) is 3. The Bertz CT molecular complexity index is 406. The quantitative estimate of drug-likeness (QED) is 0.371. The summed E-state index contributed by atoms with van der Waals surface area (Å²) in [6, 6.07) is 6.36. The van der Waals surface area contributed by atoms with Crippen LogP contribution in [0, 0.1) is 0 Å². The van der Waals surface area contributed by atoms with Gasteiger partial charge < -0.3 is 0 Å². The van der Waals surface area contributed by atoms with E-state index in [0.29, 0.717) is 5.56 Å². The first-order valence-electron chi connectivity index (χ1n) is 4.62. The molecule has 0 bridgehead atoms. The molecule has 0 aliphatic rings. The molecule has 0 saturated heterocycles. The first-order valence-corrected chi connectivity index (χ1v) is 4.62. The van der Waals surface area contributed by atoms with Gasteiger partial charge in [-0.2, -0.15) is 0 Å². The molecule has 0 heterocycles. The summed E-state index contributed by atoms with van der Waals surface area (Å²) in [5.74, 6) is -0.730. The Morgan fingerprint density at radius 1 is 1.50 bits per heavy atom. The van der Waals surface area contributed by atoms with E-state index in [2.05, 4.69) is 0 Å². The molecule has 1 amide bonds. The number of aromatic hydroxyl groups is 1. The van der Waals surface area contributed by atoms with E-state index in [9.17, 15) is 9.90 Å². The average molecular weight is 221 g/mol. The van der Waals surface area contributed by atoms with Gasteiger partial charge in [0.05, 0.1) is 0 Å². The van der Waals surface area contributed by atoms with Gasteiger partial charge in [-0.3, -0.25) is 0 Å². The van der Waals surface area contributed by atoms with E-state index in [1.165, 1.54) is 25.6 Å². The van der Waals surface area contributed by atoms with Crippen LogP contribution in [0.5, 0.6) is 5.75 Å². The maximum absolute atomic E-state index is 11.4. The molecule has 1 rings (SSSR count). The van der Waals surface area contributed by atoms with Gasteiger partial charge in [0.1, 0.15) is 0 Å². The number of phenols is 1. The SMILES string of the molecule is COCB=C(C(=O)NO)c1ccccc1O. The molecular formula is C10H12BNO4. The van der Waals surface area contributed by atoms with Crippen LogP contribution in [0.2, 0.25) is 0 Å². The molecule has 0 aromatic heterocycles. The van der Waals surface area contributed by atoms with Crippen molar-refractivity contribution in [1.29, 1.82) is 0 Å². The molecule has 0 spiro atoms. The average Bonchev–Trinajstić information content (AvgIpc) is 2.31. The molecular weight excluding hydrogens is 209 g/mol. The second-order valence-corrected chi connectivity index (χ2v) is 3.03. The standard InChI is InChI=1S/C10H12BNO4/c1-16-6-11-9(10(14)12-15)7-4-2-3-5-8(7)13/h2-5,13,15H,6H2,1H3,(H,12,14). The van der Waals surface area contributed by atoms with Crippen molar-refractivity contribution in [3.63, 3.8) is 0 Å². The number of hydrogen-bond acceptors (Lipinski definition) is 4. The van der Waals surface area contributed by atoms with Crippen molar-refractivity contribution < 1.29 is 19.8 Å². The van der Waals surface area contributed by atoms with Crippen molar-refractivity contribution in [3.05, 3.63) is 29.8 Å². The Kier molecular flexibility index (Phi) is 4.69. The van der Waals surface area contributed by atoms with Gasteiger partial charge in [0.2, 0.25) is 0 Å². The zero-order valence-electron chi connectivity index (χ0n) is 8.80. The van der Waals surface area contributed by atoms with E-state index in [4.69, 9.17) is 9.94 Å². The van der Waals surface area contributed by atoms with Crippen molar-refractivity contribution in [1.82, 2.24) is 5.48 Å². The van der Waals surface area contributed by atoms with Gasteiger partial charge in [-0.15, -0.1) is 0 Å². The third-order valence-corrected chi connectivity index (χ3v) is 1.99. The Balaban J connectivity index is 3.11. The van der Waals surface area contributed by atoms with Crippen molar-refractivity contribution in [2.45, 2.75) is 0 Å². The number of carbonyl (C=O) groups excluding carboxylic acids is 1. The number of carbonyl (C=O) groups is 1. The zero-order valence-corrected chi connectivity index (χ0v) is 8.80. The Morgan fingerprint density at radius 3 is 2.75 bits per heavy atom. The van der Waals surface area contributed by atoms with Gasteiger partial charge in [-0.25, -0.2) is 0 Å². The summed E-state index contributed by atoms with van der Waals surface area (Å²) < 4.78 is 4.81. The number of rotatable bonds is 4. The molecule has 0 unspecified atom stereocenters. The first kappa shape index (κ1) is 12.4. The number of amides is 1. The molecule has 16 heavy (non-hydrogen) atoms. The van der Waals surface area contributed by atoms with Gasteiger partial charge in [-0.1, -0.05) is 0 Å². The fourth-order valence-corrected chi connectivity index (χ4v) is 1.25. The van der Waals surface area contributed by atoms with E-state index in [0.717, 1.165) is 0 Å². The van der Waals surface area contributed by atoms with E-state index in [1.807, 2.05) is 0 Å². The monoisotopic (exact) mass is 221 g/mol. The van der Waals surface area contributed by atoms with Crippen LogP contribution in [-0.4, -0.2) is 42.2 Å². The van der Waals surface area contributed by atoms with Crippen LogP contribution >= 0.6 is 0 Å². The number of benzene rings is 1. The molecule has 0 radical (unpaired) electrons. The minimum absolute atomic E-state index is 0.0338. The van der Waals surface area contributed by atoms with Gasteiger partial charge >= 0.3 is 92.8 Å². The van der Waals surface area contributed by atoms with E-state index < -0.39 is 5.91 Å². The molecule has 5 nitrogen and oxygen atoms in total. The van der Waals surface area contributed by atoms with Crippen LogP contribution in [0.4, 0.5) is 0 Å². The summed E-state index contributed by atoms with van der Waals surface area (Å²) >= 11 is 0. The normalized spacial score (nSPS) is 10.8. The first-order chi connectivity index (χ1) is 7.70. The van der Waals surface area contributed by atoms with Crippen molar-refractivity contribution >= 4 is 18.3 Å². The number of methoxy groups -OCH3 is 1. The van der Waals surface area contributed by atoms with Crippen molar-refractivity contribution in [2.24, 2.45) is 0 Å². The Morgan fingerprint density at radius 2 is 2.19 bits per heavy atom. The Hall–Kier alpha value is -1.66. The maximum atomic E-state index is 11.4. The van der Waals surface area contributed by atoms with Crippen LogP contribution in [0.25, 0.3) is 0 Å². The van der Waals surface area contributed by atoms with Crippen LogP contribution in [0.3, 0.4) is 0 Å². The summed E-state index contributed by atoms with van der Waals surface area (Å²) in [6.07, 6.45) is 0. The molecule has 1 aromatic carbocycles. The minimum atomic E-state index is -0.696. The third-order valence-electron chi connectivity index (χ3n) is 1.99. The molecule has 0 atom stereocenters. The molecule has 6 heteroatoms. The summed E-state index contributed by atoms with van der Waals surface area (Å²) in [5.41, 5.74) is 2.02. The molecule has 0 fully saturated rings. The third kappa shape index (κ3) is 2.92. The van der Waals surface area contributed by atoms with E-state index in [-0.39, 0.29) is 17.7 Å². The van der Waals surface area contributed by atoms with E-state index >= 15 is 0 Å². The molecule has 0 aliphatic heterocycles. The summed E-state index contributed by atoms with van der Waals surface area (Å²) in [5, 5.41) is 18.2. The van der Waals surface area contributed by atoms with Gasteiger partial charge in [-0.05, 0) is 0 Å². The van der Waals surface area contributed by atoms with Crippen molar-refractivity contribution in [3.8, 4) is 5.75 Å². The second-order valence-electron chi connectivity index (χ2n) is 3.03. The van der Waals surface area contributed by atoms with Crippen LogP contribution in [0.15, 0.2) is 24.3 Å². The summed E-state index contributed by atoms with van der Waals surface area (Å²) in [6.45, 7) is 1.68. The number of hydroxylamine groups is 1. The van der Waals surface area contributed by atoms with Crippen LogP contribution in [0.1, 0.15) is 5.56 Å². The predicted molar refractivity (Wildman–Crippen MR) is 59.8 cm³/mol. The van der Waals surface area contributed by atoms with Crippen LogP contribution in [-0.2, 0) is 9.53 Å². The van der Waals surface area contributed by atoms with E-state index in [1.54, 1.807) is 18.2 Å². The zero-order chi connectivity index (χ0) is 12.0. The van der Waals surface area contributed by atoms with Crippen molar-refractivity contribution in [2.75, 3.05) is 13.6 Å². The number of para-hydroxylation sites is 1. The molecule has 0 aliphatic carbocycles. The predicted octanol–water partition coefficient (Wildman–Crippen LogP) is -0.274. The molecule has 0 saturated carbocycles. The number of phenolic OH excluding ortho intramolecular Hbond substituents is 1. The topological polar surface area (TPSA) is 78.8 Å². The van der Waals surface area contributed by atoms with Crippen LogP contribution < -0.4 is 5.48 Å². The number of nitrogens with one attached hydrogen (secondary N) is 1. The van der Waals surface area contributed by atoms with Gasteiger partial charge in [0, 0.05) is 0 Å². The molecule has 1 aromatic rings. The molecule has 3 N–H and O–H groups in total. The summed E-state index contributed by atoms with van der Waals surface area (Å²) in [4.78, 5) is 11.4. The van der Waals surface area contributed by atoms with Gasteiger partial charge in [0.15, 0.2) is 0 Å². The van der Waals surface area contributed by atoms with Gasteiger partial charge in [0.25, 0.3) is 0 Å². The fraction of sp³-hybridized carbons (Fsp3) is 0.200. The Labute approximate surface area is 93.5 Å². The summed E-state index contributed by atoms with van der Waals surface area (Å²) in [7, 11) is 1.48. The molecule has 84 valence electrons. The fourth-order valence-electron chi connectivity index (χ4n) is 1.25.